The largest absolute Gasteiger partial charge is 0.493 e. The molecule has 0 bridgehead atoms. The van der Waals surface area contributed by atoms with Gasteiger partial charge in [-0.25, -0.2) is 0 Å². The van der Waals surface area contributed by atoms with Gasteiger partial charge < -0.3 is 15.2 Å². The maximum Gasteiger partial charge on any atom is 0.125 e. The fraction of sp³-hybridized carbons (Fsp3) is 0.571. The van der Waals surface area contributed by atoms with Crippen LogP contribution in [-0.4, -0.2) is 20.3 Å². The summed E-state index contributed by atoms with van der Waals surface area (Å²) in [7, 11) is 1.72. The number of rotatable bonds is 7. The average Bonchev–Trinajstić information content (AvgIpc) is 2.31. The molecular formula is C14H23NO2. The minimum Gasteiger partial charge on any atom is -0.493 e. The molecule has 1 aromatic carbocycles. The quantitative estimate of drug-likeness (QED) is 0.741. The van der Waals surface area contributed by atoms with Crippen LogP contribution in [0, 0.1) is 13.8 Å². The van der Waals surface area contributed by atoms with Crippen molar-refractivity contribution in [3.8, 4) is 5.75 Å². The first-order valence-corrected chi connectivity index (χ1v) is 6.11. The van der Waals surface area contributed by atoms with Gasteiger partial charge in [-0.05, 0) is 43.4 Å². The van der Waals surface area contributed by atoms with Gasteiger partial charge in [-0.3, -0.25) is 0 Å². The summed E-state index contributed by atoms with van der Waals surface area (Å²) in [4.78, 5) is 0. The van der Waals surface area contributed by atoms with E-state index in [1.54, 1.807) is 7.11 Å². The molecule has 0 atom stereocenters. The number of aryl methyl sites for hydroxylation is 2. The summed E-state index contributed by atoms with van der Waals surface area (Å²) in [6.07, 6.45) is 2.06. The third-order valence-corrected chi connectivity index (χ3v) is 2.75. The standard InChI is InChI=1S/C14H23NO2/c1-11-8-13(10-15)9-12(2)14(11)17-7-5-4-6-16-3/h8-9H,4-7,10,15H2,1-3H3. The Balaban J connectivity index is 2.53. The van der Waals surface area contributed by atoms with Gasteiger partial charge in [-0.15, -0.1) is 0 Å². The maximum absolute atomic E-state index is 5.82. The Kier molecular flexibility index (Phi) is 6.01. The van der Waals surface area contributed by atoms with Gasteiger partial charge in [-0.2, -0.15) is 0 Å². The van der Waals surface area contributed by atoms with Crippen molar-refractivity contribution in [1.82, 2.24) is 0 Å². The van der Waals surface area contributed by atoms with E-state index in [0.717, 1.165) is 48.5 Å². The number of benzene rings is 1. The van der Waals surface area contributed by atoms with Gasteiger partial charge in [-0.1, -0.05) is 12.1 Å². The predicted octanol–water partition coefficient (Wildman–Crippen LogP) is 2.57. The molecule has 0 aliphatic carbocycles. The van der Waals surface area contributed by atoms with Crippen LogP contribution in [0.4, 0.5) is 0 Å². The van der Waals surface area contributed by atoms with Crippen molar-refractivity contribution in [3.63, 3.8) is 0 Å². The zero-order valence-corrected chi connectivity index (χ0v) is 11.1. The summed E-state index contributed by atoms with van der Waals surface area (Å²) in [5.74, 6) is 1.000. The molecule has 0 radical (unpaired) electrons. The molecule has 0 aliphatic rings. The van der Waals surface area contributed by atoms with Crippen LogP contribution in [0.5, 0.6) is 5.75 Å². The first-order chi connectivity index (χ1) is 8.19. The van der Waals surface area contributed by atoms with E-state index in [2.05, 4.69) is 26.0 Å². The summed E-state index contributed by atoms with van der Waals surface area (Å²) in [5.41, 5.74) is 9.13. The molecule has 0 aliphatic heterocycles. The average molecular weight is 237 g/mol. The Morgan fingerprint density at radius 2 is 1.65 bits per heavy atom. The SMILES string of the molecule is COCCCCOc1c(C)cc(CN)cc1C. The number of methoxy groups -OCH3 is 1. The molecule has 0 unspecified atom stereocenters. The summed E-state index contributed by atoms with van der Waals surface area (Å²) in [6, 6.07) is 4.19. The third-order valence-electron chi connectivity index (χ3n) is 2.75. The molecule has 96 valence electrons. The monoisotopic (exact) mass is 237 g/mol. The molecule has 1 rings (SSSR count). The Bertz CT molecular complexity index is 327. The first kappa shape index (κ1) is 14.0. The number of hydrogen-bond acceptors (Lipinski definition) is 3. The van der Waals surface area contributed by atoms with Crippen molar-refractivity contribution < 1.29 is 9.47 Å². The lowest BCUT2D eigenvalue weighted by Crippen LogP contribution is -2.04. The van der Waals surface area contributed by atoms with Crippen molar-refractivity contribution in [2.75, 3.05) is 20.3 Å². The van der Waals surface area contributed by atoms with Crippen molar-refractivity contribution >= 4 is 0 Å². The van der Waals surface area contributed by atoms with E-state index in [1.165, 1.54) is 0 Å². The molecular weight excluding hydrogens is 214 g/mol. The molecule has 0 spiro atoms. The molecule has 1 aromatic rings. The van der Waals surface area contributed by atoms with Gasteiger partial charge in [0.25, 0.3) is 0 Å². The molecule has 2 N–H and O–H groups in total. The summed E-state index contributed by atoms with van der Waals surface area (Å²) >= 11 is 0. The minimum atomic E-state index is 0.579. The lowest BCUT2D eigenvalue weighted by molar-refractivity contribution is 0.184. The van der Waals surface area contributed by atoms with Crippen molar-refractivity contribution in [3.05, 3.63) is 28.8 Å². The van der Waals surface area contributed by atoms with E-state index in [0.29, 0.717) is 6.54 Å². The molecule has 0 fully saturated rings. The normalized spacial score (nSPS) is 10.6. The lowest BCUT2D eigenvalue weighted by Gasteiger charge is -2.13. The molecule has 17 heavy (non-hydrogen) atoms. The highest BCUT2D eigenvalue weighted by molar-refractivity contribution is 5.43. The van der Waals surface area contributed by atoms with E-state index < -0.39 is 0 Å². The molecule has 0 heterocycles. The van der Waals surface area contributed by atoms with Gasteiger partial charge in [0, 0.05) is 20.3 Å². The summed E-state index contributed by atoms with van der Waals surface area (Å²) in [6.45, 7) is 6.25. The first-order valence-electron chi connectivity index (χ1n) is 6.11. The van der Waals surface area contributed by atoms with Crippen LogP contribution in [-0.2, 0) is 11.3 Å². The molecule has 3 heteroatoms. The maximum atomic E-state index is 5.82. The number of hydrogen-bond donors (Lipinski definition) is 1. The van der Waals surface area contributed by atoms with Crippen LogP contribution in [0.1, 0.15) is 29.5 Å². The predicted molar refractivity (Wildman–Crippen MR) is 70.4 cm³/mol. The van der Waals surface area contributed by atoms with Crippen molar-refractivity contribution in [2.45, 2.75) is 33.2 Å². The van der Waals surface area contributed by atoms with Crippen LogP contribution < -0.4 is 10.5 Å². The number of nitrogens with two attached hydrogens (primary N) is 1. The van der Waals surface area contributed by atoms with Crippen molar-refractivity contribution in [2.24, 2.45) is 5.73 Å². The van der Waals surface area contributed by atoms with Crippen LogP contribution in [0.2, 0.25) is 0 Å². The molecule has 0 aromatic heterocycles. The fourth-order valence-electron chi connectivity index (χ4n) is 1.91. The molecule has 3 nitrogen and oxygen atoms in total. The molecule has 0 saturated heterocycles. The van der Waals surface area contributed by atoms with Gasteiger partial charge in [0.05, 0.1) is 6.61 Å². The molecule has 0 amide bonds. The molecule has 0 saturated carbocycles. The van der Waals surface area contributed by atoms with Gasteiger partial charge in [0.2, 0.25) is 0 Å². The highest BCUT2D eigenvalue weighted by atomic mass is 16.5. The van der Waals surface area contributed by atoms with Gasteiger partial charge in [0.15, 0.2) is 0 Å². The smallest absolute Gasteiger partial charge is 0.125 e. The topological polar surface area (TPSA) is 44.5 Å². The minimum absolute atomic E-state index is 0.579. The summed E-state index contributed by atoms with van der Waals surface area (Å²) < 4.78 is 10.8. The van der Waals surface area contributed by atoms with Crippen LogP contribution in [0.3, 0.4) is 0 Å². The van der Waals surface area contributed by atoms with Crippen LogP contribution in [0.15, 0.2) is 12.1 Å². The second-order valence-corrected chi connectivity index (χ2v) is 4.31. The van der Waals surface area contributed by atoms with E-state index in [-0.39, 0.29) is 0 Å². The third kappa shape index (κ3) is 4.36. The van der Waals surface area contributed by atoms with Gasteiger partial charge in [0.1, 0.15) is 5.75 Å². The lowest BCUT2D eigenvalue weighted by atomic mass is 10.1. The van der Waals surface area contributed by atoms with Crippen molar-refractivity contribution in [1.29, 1.82) is 0 Å². The zero-order chi connectivity index (χ0) is 12.7. The Morgan fingerprint density at radius 1 is 1.06 bits per heavy atom. The summed E-state index contributed by atoms with van der Waals surface area (Å²) in [5, 5.41) is 0. The van der Waals surface area contributed by atoms with E-state index in [4.69, 9.17) is 15.2 Å². The Labute approximate surface area is 104 Å². The zero-order valence-electron chi connectivity index (χ0n) is 11.1. The Morgan fingerprint density at radius 3 is 2.18 bits per heavy atom. The highest BCUT2D eigenvalue weighted by Crippen LogP contribution is 2.24. The fourth-order valence-corrected chi connectivity index (χ4v) is 1.91. The van der Waals surface area contributed by atoms with E-state index in [1.807, 2.05) is 0 Å². The van der Waals surface area contributed by atoms with E-state index >= 15 is 0 Å². The Hall–Kier alpha value is -1.06. The number of ether oxygens (including phenoxy) is 2. The second-order valence-electron chi connectivity index (χ2n) is 4.31. The van der Waals surface area contributed by atoms with Gasteiger partial charge >= 0.3 is 0 Å². The van der Waals surface area contributed by atoms with E-state index in [9.17, 15) is 0 Å². The highest BCUT2D eigenvalue weighted by Gasteiger charge is 2.05. The van der Waals surface area contributed by atoms with Crippen LogP contribution >= 0.6 is 0 Å². The number of unbranched alkanes of at least 4 members (excludes halogenated alkanes) is 1. The van der Waals surface area contributed by atoms with Crippen LogP contribution in [0.25, 0.3) is 0 Å². The second kappa shape index (κ2) is 7.30.